The van der Waals surface area contributed by atoms with Crippen molar-refractivity contribution in [3.05, 3.63) is 53.6 Å². The molecule has 2 aromatic heterocycles. The summed E-state index contributed by atoms with van der Waals surface area (Å²) in [6.07, 6.45) is -4.32. The predicted molar refractivity (Wildman–Crippen MR) is 99.4 cm³/mol. The lowest BCUT2D eigenvalue weighted by atomic mass is 10.2. The Morgan fingerprint density at radius 2 is 1.84 bits per heavy atom. The third-order valence-corrected chi connectivity index (χ3v) is 3.87. The summed E-state index contributed by atoms with van der Waals surface area (Å²) in [6, 6.07) is 5.69. The van der Waals surface area contributed by atoms with E-state index in [9.17, 15) is 27.2 Å². The highest BCUT2D eigenvalue weighted by atomic mass is 19.4. The Hall–Kier alpha value is -4.03. The SMILES string of the molecule is COc1ccc(-n2ncc(C(=O)Nc3cc(NC(C)=O)ccc3F)c2C(F)(F)F)nn1. The molecule has 9 nitrogen and oxygen atoms in total. The molecule has 0 aliphatic heterocycles. The van der Waals surface area contributed by atoms with Crippen LogP contribution >= 0.6 is 0 Å². The van der Waals surface area contributed by atoms with Crippen molar-refractivity contribution >= 4 is 23.2 Å². The van der Waals surface area contributed by atoms with Crippen LogP contribution in [0.3, 0.4) is 0 Å². The minimum absolute atomic E-state index is 0.0666. The van der Waals surface area contributed by atoms with Crippen LogP contribution in [-0.2, 0) is 11.0 Å². The number of ether oxygens (including phenoxy) is 1. The molecule has 0 radical (unpaired) electrons. The Morgan fingerprint density at radius 3 is 2.42 bits per heavy atom. The number of carbonyl (C=O) groups is 2. The molecule has 2 N–H and O–H groups in total. The highest BCUT2D eigenvalue weighted by Crippen LogP contribution is 2.34. The lowest BCUT2D eigenvalue weighted by Crippen LogP contribution is -2.21. The average molecular weight is 438 g/mol. The van der Waals surface area contributed by atoms with Crippen molar-refractivity contribution in [1.82, 2.24) is 20.0 Å². The molecule has 1 aromatic carbocycles. The van der Waals surface area contributed by atoms with E-state index in [1.54, 1.807) is 0 Å². The number of carbonyl (C=O) groups excluding carboxylic acids is 2. The smallest absolute Gasteiger partial charge is 0.434 e. The molecule has 0 saturated heterocycles. The van der Waals surface area contributed by atoms with E-state index in [0.29, 0.717) is 10.9 Å². The first-order chi connectivity index (χ1) is 14.6. The van der Waals surface area contributed by atoms with Crippen LogP contribution in [0.15, 0.2) is 36.5 Å². The molecule has 0 aliphatic carbocycles. The van der Waals surface area contributed by atoms with Crippen LogP contribution in [0, 0.1) is 5.82 Å². The molecule has 2 heterocycles. The first-order valence-corrected chi connectivity index (χ1v) is 8.52. The van der Waals surface area contributed by atoms with Crippen molar-refractivity contribution in [3.63, 3.8) is 0 Å². The second-order valence-electron chi connectivity index (χ2n) is 6.08. The zero-order valence-electron chi connectivity index (χ0n) is 16.0. The summed E-state index contributed by atoms with van der Waals surface area (Å²) < 4.78 is 60.4. The van der Waals surface area contributed by atoms with E-state index < -0.39 is 40.8 Å². The summed E-state index contributed by atoms with van der Waals surface area (Å²) in [5.74, 6) is -2.88. The molecule has 0 atom stereocenters. The number of methoxy groups -OCH3 is 1. The van der Waals surface area contributed by atoms with Crippen LogP contribution in [-0.4, -0.2) is 38.9 Å². The van der Waals surface area contributed by atoms with E-state index in [1.807, 2.05) is 0 Å². The molecular formula is C18H14F4N6O3. The number of nitrogens with zero attached hydrogens (tertiary/aromatic N) is 4. The topological polar surface area (TPSA) is 111 Å². The highest BCUT2D eigenvalue weighted by Gasteiger charge is 2.41. The maximum absolute atomic E-state index is 14.1. The van der Waals surface area contributed by atoms with Gasteiger partial charge in [0.15, 0.2) is 11.5 Å². The van der Waals surface area contributed by atoms with Crippen molar-refractivity contribution in [2.24, 2.45) is 0 Å². The van der Waals surface area contributed by atoms with Gasteiger partial charge in [-0.05, 0) is 24.3 Å². The van der Waals surface area contributed by atoms with Gasteiger partial charge < -0.3 is 15.4 Å². The van der Waals surface area contributed by atoms with E-state index in [-0.39, 0.29) is 17.4 Å². The summed E-state index contributed by atoms with van der Waals surface area (Å²) in [5, 5.41) is 15.2. The Balaban J connectivity index is 1.98. The second-order valence-corrected chi connectivity index (χ2v) is 6.08. The largest absolute Gasteiger partial charge is 0.480 e. The first kappa shape index (κ1) is 21.7. The van der Waals surface area contributed by atoms with Crippen molar-refractivity contribution < 1.29 is 31.9 Å². The normalized spacial score (nSPS) is 11.2. The van der Waals surface area contributed by atoms with Crippen LogP contribution in [0.2, 0.25) is 0 Å². The number of benzene rings is 1. The van der Waals surface area contributed by atoms with E-state index in [1.165, 1.54) is 32.2 Å². The average Bonchev–Trinajstić information content (AvgIpc) is 3.16. The van der Waals surface area contributed by atoms with Crippen LogP contribution in [0.1, 0.15) is 23.0 Å². The zero-order valence-corrected chi connectivity index (χ0v) is 16.0. The molecule has 0 spiro atoms. The lowest BCUT2D eigenvalue weighted by molar-refractivity contribution is -0.143. The highest BCUT2D eigenvalue weighted by molar-refractivity contribution is 6.05. The van der Waals surface area contributed by atoms with Gasteiger partial charge in [-0.1, -0.05) is 0 Å². The number of amides is 2. The number of halogens is 4. The van der Waals surface area contributed by atoms with Gasteiger partial charge in [0.25, 0.3) is 5.91 Å². The summed E-state index contributed by atoms with van der Waals surface area (Å²) in [5.41, 5.74) is -2.58. The van der Waals surface area contributed by atoms with Gasteiger partial charge in [-0.2, -0.15) is 18.3 Å². The number of rotatable bonds is 5. The maximum atomic E-state index is 14.1. The van der Waals surface area contributed by atoms with Gasteiger partial charge in [0.2, 0.25) is 11.8 Å². The molecule has 31 heavy (non-hydrogen) atoms. The van der Waals surface area contributed by atoms with Crippen LogP contribution in [0.4, 0.5) is 28.9 Å². The van der Waals surface area contributed by atoms with Gasteiger partial charge >= 0.3 is 6.18 Å². The molecular weight excluding hydrogens is 424 g/mol. The van der Waals surface area contributed by atoms with E-state index in [2.05, 4.69) is 25.9 Å². The standard InChI is InChI=1S/C18H14F4N6O3/c1-9(29)24-10-3-4-12(19)13(7-10)25-17(30)11-8-23-28(16(11)18(20,21)22)14-5-6-15(31-2)27-26-14/h3-8H,1-2H3,(H,24,29)(H,25,30). The monoisotopic (exact) mass is 438 g/mol. The van der Waals surface area contributed by atoms with Gasteiger partial charge in [-0.15, -0.1) is 10.2 Å². The molecule has 2 amide bonds. The van der Waals surface area contributed by atoms with Gasteiger partial charge in [0.1, 0.15) is 5.82 Å². The van der Waals surface area contributed by atoms with Crippen LogP contribution in [0.5, 0.6) is 5.88 Å². The Bertz CT molecular complexity index is 1130. The lowest BCUT2D eigenvalue weighted by Gasteiger charge is -2.13. The van der Waals surface area contributed by atoms with E-state index in [4.69, 9.17) is 4.74 Å². The number of alkyl halides is 3. The van der Waals surface area contributed by atoms with Crippen molar-refractivity contribution in [2.45, 2.75) is 13.1 Å². The molecule has 0 bridgehead atoms. The fraction of sp³-hybridized carbons (Fsp3) is 0.167. The minimum Gasteiger partial charge on any atom is -0.480 e. The van der Waals surface area contributed by atoms with Gasteiger partial charge in [-0.25, -0.2) is 9.07 Å². The summed E-state index contributed by atoms with van der Waals surface area (Å²) in [4.78, 5) is 23.7. The van der Waals surface area contributed by atoms with Crippen molar-refractivity contribution in [2.75, 3.05) is 17.7 Å². The molecule has 3 rings (SSSR count). The number of hydrogen-bond donors (Lipinski definition) is 2. The molecule has 0 fully saturated rings. The zero-order chi connectivity index (χ0) is 22.8. The van der Waals surface area contributed by atoms with E-state index in [0.717, 1.165) is 12.1 Å². The Morgan fingerprint density at radius 1 is 1.10 bits per heavy atom. The molecule has 162 valence electrons. The van der Waals surface area contributed by atoms with Crippen molar-refractivity contribution in [1.29, 1.82) is 0 Å². The molecule has 0 unspecified atom stereocenters. The number of nitrogens with one attached hydrogen (secondary N) is 2. The second kappa shape index (κ2) is 8.38. The fourth-order valence-corrected chi connectivity index (χ4v) is 2.59. The molecule has 13 heteroatoms. The maximum Gasteiger partial charge on any atom is 0.434 e. The third kappa shape index (κ3) is 4.76. The molecule has 0 aliphatic rings. The minimum atomic E-state index is -5.00. The fourth-order valence-electron chi connectivity index (χ4n) is 2.59. The molecule has 0 saturated carbocycles. The number of hydrogen-bond acceptors (Lipinski definition) is 6. The Kier molecular flexibility index (Phi) is 5.86. The summed E-state index contributed by atoms with van der Waals surface area (Å²) in [6.45, 7) is 1.22. The summed E-state index contributed by atoms with van der Waals surface area (Å²) in [7, 11) is 1.31. The number of anilines is 2. The van der Waals surface area contributed by atoms with Gasteiger partial charge in [0, 0.05) is 18.7 Å². The Labute approximate surface area is 172 Å². The van der Waals surface area contributed by atoms with Crippen LogP contribution in [0.25, 0.3) is 5.82 Å². The summed E-state index contributed by atoms with van der Waals surface area (Å²) >= 11 is 0. The van der Waals surface area contributed by atoms with Crippen molar-refractivity contribution in [3.8, 4) is 11.7 Å². The van der Waals surface area contributed by atoms with Gasteiger partial charge in [0.05, 0.1) is 24.6 Å². The van der Waals surface area contributed by atoms with E-state index >= 15 is 0 Å². The third-order valence-electron chi connectivity index (χ3n) is 3.87. The number of aromatic nitrogens is 4. The molecule has 3 aromatic rings. The first-order valence-electron chi connectivity index (χ1n) is 8.52. The predicted octanol–water partition coefficient (Wildman–Crippen LogP) is 3.04. The van der Waals surface area contributed by atoms with Crippen LogP contribution < -0.4 is 15.4 Å². The quantitative estimate of drug-likeness (QED) is 0.593. The van der Waals surface area contributed by atoms with Gasteiger partial charge in [-0.3, -0.25) is 9.59 Å².